The molecule has 0 unspecified atom stereocenters. The monoisotopic (exact) mass is 188 g/mol. The Hall–Kier alpha value is -0.123. The summed E-state index contributed by atoms with van der Waals surface area (Å²) < 4.78 is 10.9. The fourth-order valence-corrected chi connectivity index (χ4v) is 1.46. The van der Waals surface area contributed by atoms with Crippen molar-refractivity contribution in [3.8, 4) is 0 Å². The molecule has 72 valence electrons. The van der Waals surface area contributed by atoms with E-state index in [1.807, 2.05) is 0 Å². The summed E-state index contributed by atoms with van der Waals surface area (Å²) in [5.41, 5.74) is 0. The zero-order valence-electron chi connectivity index (χ0n) is 8.43. The molecule has 12 heavy (non-hydrogen) atoms. The van der Waals surface area contributed by atoms with Gasteiger partial charge in [0.05, 0.1) is 6.61 Å². The highest BCUT2D eigenvalue weighted by Crippen LogP contribution is 2.02. The van der Waals surface area contributed by atoms with E-state index in [0.717, 1.165) is 19.6 Å². The van der Waals surface area contributed by atoms with Crippen molar-refractivity contribution in [1.29, 1.82) is 0 Å². The molecule has 0 rings (SSSR count). The van der Waals surface area contributed by atoms with Crippen LogP contribution >= 0.6 is 0 Å². The van der Waals surface area contributed by atoms with E-state index in [1.165, 1.54) is 0 Å². The summed E-state index contributed by atoms with van der Waals surface area (Å²) in [6.45, 7) is 12.4. The van der Waals surface area contributed by atoms with E-state index >= 15 is 0 Å². The van der Waals surface area contributed by atoms with Crippen LogP contribution in [0.4, 0.5) is 0 Å². The van der Waals surface area contributed by atoms with Crippen molar-refractivity contribution in [2.45, 2.75) is 26.1 Å². The number of hydrogen-bond donors (Lipinski definition) is 0. The van der Waals surface area contributed by atoms with Gasteiger partial charge < -0.3 is 9.16 Å². The first kappa shape index (κ1) is 11.9. The number of rotatable bonds is 7. The van der Waals surface area contributed by atoms with Gasteiger partial charge in [-0.3, -0.25) is 0 Å². The predicted molar refractivity (Wildman–Crippen MR) is 54.9 cm³/mol. The molecule has 0 N–H and O–H groups in total. The maximum atomic E-state index is 5.64. The molecule has 3 heteroatoms. The van der Waals surface area contributed by atoms with Gasteiger partial charge >= 0.3 is 0 Å². The van der Waals surface area contributed by atoms with Gasteiger partial charge in [0.25, 0.3) is 0 Å². The Morgan fingerprint density at radius 1 is 1.25 bits per heavy atom. The summed E-state index contributed by atoms with van der Waals surface area (Å²) in [5.74, 6) is 0. The van der Waals surface area contributed by atoms with Crippen LogP contribution in [0.15, 0.2) is 12.7 Å². The van der Waals surface area contributed by atoms with Crippen molar-refractivity contribution < 1.29 is 9.16 Å². The molecule has 0 aromatic heterocycles. The molecule has 0 atom stereocenters. The van der Waals surface area contributed by atoms with E-state index < -0.39 is 8.32 Å². The lowest BCUT2D eigenvalue weighted by molar-refractivity contribution is 0.142. The Morgan fingerprint density at radius 2 is 1.92 bits per heavy atom. The van der Waals surface area contributed by atoms with Crippen molar-refractivity contribution in [2.24, 2.45) is 0 Å². The molecule has 2 nitrogen and oxygen atoms in total. The van der Waals surface area contributed by atoms with Gasteiger partial charge in [0.15, 0.2) is 8.32 Å². The average molecular weight is 188 g/mol. The second-order valence-corrected chi connectivity index (χ2v) is 8.19. The third-order valence-electron chi connectivity index (χ3n) is 1.20. The number of hydrogen-bond acceptors (Lipinski definition) is 2. The zero-order valence-corrected chi connectivity index (χ0v) is 9.43. The van der Waals surface area contributed by atoms with E-state index in [9.17, 15) is 0 Å². The predicted octanol–water partition coefficient (Wildman–Crippen LogP) is 2.43. The SMILES string of the molecule is C=CCOCCCO[Si](C)(C)C. The molecule has 0 saturated heterocycles. The van der Waals surface area contributed by atoms with Crippen LogP contribution in [0.3, 0.4) is 0 Å². The van der Waals surface area contributed by atoms with E-state index in [-0.39, 0.29) is 0 Å². The largest absolute Gasteiger partial charge is 0.418 e. The maximum Gasteiger partial charge on any atom is 0.183 e. The van der Waals surface area contributed by atoms with E-state index in [0.29, 0.717) is 6.61 Å². The quantitative estimate of drug-likeness (QED) is 0.347. The smallest absolute Gasteiger partial charge is 0.183 e. The van der Waals surface area contributed by atoms with E-state index in [4.69, 9.17) is 9.16 Å². The molecule has 0 aromatic carbocycles. The molecule has 0 aliphatic carbocycles. The lowest BCUT2D eigenvalue weighted by Gasteiger charge is -2.16. The topological polar surface area (TPSA) is 18.5 Å². The van der Waals surface area contributed by atoms with E-state index in [2.05, 4.69) is 26.2 Å². The molecule has 0 spiro atoms. The Bertz CT molecular complexity index is 118. The fourth-order valence-electron chi connectivity index (χ4n) is 0.706. The third-order valence-corrected chi connectivity index (χ3v) is 2.27. The summed E-state index contributed by atoms with van der Waals surface area (Å²) in [4.78, 5) is 0. The molecule has 0 radical (unpaired) electrons. The molecule has 0 fully saturated rings. The first-order chi connectivity index (χ1) is 5.56. The summed E-state index contributed by atoms with van der Waals surface area (Å²) >= 11 is 0. The van der Waals surface area contributed by atoms with Gasteiger partial charge in [0.2, 0.25) is 0 Å². The molecular formula is C9H20O2Si. The fraction of sp³-hybridized carbons (Fsp3) is 0.778. The highest BCUT2D eigenvalue weighted by atomic mass is 28.4. The maximum absolute atomic E-state index is 5.64. The van der Waals surface area contributed by atoms with Crippen molar-refractivity contribution in [3.63, 3.8) is 0 Å². The van der Waals surface area contributed by atoms with Gasteiger partial charge in [0.1, 0.15) is 0 Å². The molecular weight excluding hydrogens is 168 g/mol. The first-order valence-corrected chi connectivity index (χ1v) is 7.79. The molecule has 0 aliphatic heterocycles. The van der Waals surface area contributed by atoms with Crippen molar-refractivity contribution in [2.75, 3.05) is 19.8 Å². The molecule has 0 aliphatic rings. The Kier molecular flexibility index (Phi) is 6.33. The lowest BCUT2D eigenvalue weighted by Crippen LogP contribution is -2.26. The molecule has 0 heterocycles. The van der Waals surface area contributed by atoms with Gasteiger partial charge in [-0.2, -0.15) is 0 Å². The minimum Gasteiger partial charge on any atom is -0.418 e. The first-order valence-electron chi connectivity index (χ1n) is 4.39. The van der Waals surface area contributed by atoms with Crippen LogP contribution in [0.2, 0.25) is 19.6 Å². The van der Waals surface area contributed by atoms with Gasteiger partial charge in [-0.1, -0.05) is 6.08 Å². The molecule has 0 bridgehead atoms. The number of ether oxygens (including phenoxy) is 1. The van der Waals surface area contributed by atoms with Gasteiger partial charge in [-0.15, -0.1) is 6.58 Å². The Morgan fingerprint density at radius 3 is 2.42 bits per heavy atom. The van der Waals surface area contributed by atoms with Crippen LogP contribution in [-0.4, -0.2) is 28.1 Å². The standard InChI is InChI=1S/C9H20O2Si/c1-5-7-10-8-6-9-11-12(2,3)4/h5H,1,6-9H2,2-4H3. The second-order valence-electron chi connectivity index (χ2n) is 3.68. The van der Waals surface area contributed by atoms with Crippen molar-refractivity contribution >= 4 is 8.32 Å². The van der Waals surface area contributed by atoms with Gasteiger partial charge in [-0.25, -0.2) is 0 Å². The van der Waals surface area contributed by atoms with Crippen LogP contribution in [0.5, 0.6) is 0 Å². The minimum absolute atomic E-state index is 0.646. The summed E-state index contributed by atoms with van der Waals surface area (Å²) in [7, 11) is -1.30. The second kappa shape index (κ2) is 6.40. The summed E-state index contributed by atoms with van der Waals surface area (Å²) in [6, 6.07) is 0. The van der Waals surface area contributed by atoms with Crippen LogP contribution in [-0.2, 0) is 9.16 Å². The van der Waals surface area contributed by atoms with Crippen LogP contribution in [0, 0.1) is 0 Å². The minimum atomic E-state index is -1.30. The highest BCUT2D eigenvalue weighted by Gasteiger charge is 2.12. The Balaban J connectivity index is 3.06. The van der Waals surface area contributed by atoms with Crippen LogP contribution < -0.4 is 0 Å². The molecule has 0 amide bonds. The summed E-state index contributed by atoms with van der Waals surface area (Å²) in [5, 5.41) is 0. The van der Waals surface area contributed by atoms with Crippen LogP contribution in [0.1, 0.15) is 6.42 Å². The highest BCUT2D eigenvalue weighted by molar-refractivity contribution is 6.69. The summed E-state index contributed by atoms with van der Waals surface area (Å²) in [6.07, 6.45) is 2.75. The zero-order chi connectivity index (χ0) is 9.45. The van der Waals surface area contributed by atoms with E-state index in [1.54, 1.807) is 6.08 Å². The third kappa shape index (κ3) is 9.88. The van der Waals surface area contributed by atoms with Crippen LogP contribution in [0.25, 0.3) is 0 Å². The molecule has 0 saturated carbocycles. The van der Waals surface area contributed by atoms with Gasteiger partial charge in [-0.05, 0) is 26.1 Å². The molecule has 0 aromatic rings. The average Bonchev–Trinajstić information content (AvgIpc) is 1.94. The van der Waals surface area contributed by atoms with Gasteiger partial charge in [0, 0.05) is 13.2 Å². The normalized spacial score (nSPS) is 11.6. The Labute approximate surface area is 76.7 Å². The van der Waals surface area contributed by atoms with Crippen molar-refractivity contribution in [1.82, 2.24) is 0 Å². The lowest BCUT2D eigenvalue weighted by atomic mass is 10.5. The van der Waals surface area contributed by atoms with Crippen molar-refractivity contribution in [3.05, 3.63) is 12.7 Å².